The SMILES string of the molecule is CC1(O)CC(Nc2nnc(-c3ccc(C(F)(F)F)cc3O)c3ccc(F)cc23)C1. The second kappa shape index (κ2) is 6.55. The largest absolute Gasteiger partial charge is 0.507 e. The molecule has 1 heterocycles. The zero-order valence-electron chi connectivity index (χ0n) is 15.3. The van der Waals surface area contributed by atoms with Crippen LogP contribution in [0.1, 0.15) is 25.3 Å². The molecule has 0 spiro atoms. The number of alkyl halides is 3. The molecule has 152 valence electrons. The number of nitrogens with one attached hydrogen (secondary N) is 1. The van der Waals surface area contributed by atoms with Gasteiger partial charge in [-0.2, -0.15) is 13.2 Å². The van der Waals surface area contributed by atoms with Gasteiger partial charge in [0.2, 0.25) is 0 Å². The second-order valence-electron chi connectivity index (χ2n) is 7.56. The average molecular weight is 407 g/mol. The first kappa shape index (κ1) is 19.4. The van der Waals surface area contributed by atoms with Gasteiger partial charge in [0.05, 0.1) is 11.2 Å². The Morgan fingerprint density at radius 3 is 2.41 bits per heavy atom. The Balaban J connectivity index is 1.78. The molecule has 5 nitrogen and oxygen atoms in total. The van der Waals surface area contributed by atoms with Crippen molar-refractivity contribution in [3.05, 3.63) is 47.8 Å². The summed E-state index contributed by atoms with van der Waals surface area (Å²) in [4.78, 5) is 0. The van der Waals surface area contributed by atoms with Gasteiger partial charge in [-0.25, -0.2) is 4.39 Å². The molecule has 0 saturated heterocycles. The summed E-state index contributed by atoms with van der Waals surface area (Å²) in [5.74, 6) is -0.817. The van der Waals surface area contributed by atoms with Crippen molar-refractivity contribution >= 4 is 16.6 Å². The summed E-state index contributed by atoms with van der Waals surface area (Å²) in [6, 6.07) is 6.40. The van der Waals surface area contributed by atoms with Gasteiger partial charge in [0.15, 0.2) is 5.82 Å². The molecule has 0 unspecified atom stereocenters. The van der Waals surface area contributed by atoms with Crippen LogP contribution in [0.4, 0.5) is 23.4 Å². The third-order valence-electron chi connectivity index (χ3n) is 5.04. The summed E-state index contributed by atoms with van der Waals surface area (Å²) in [5, 5.41) is 32.1. The summed E-state index contributed by atoms with van der Waals surface area (Å²) in [7, 11) is 0. The normalized spacial score (nSPS) is 21.8. The highest BCUT2D eigenvalue weighted by molar-refractivity contribution is 6.01. The van der Waals surface area contributed by atoms with Crippen LogP contribution in [0.3, 0.4) is 0 Å². The van der Waals surface area contributed by atoms with Crippen molar-refractivity contribution in [1.29, 1.82) is 0 Å². The maximum absolute atomic E-state index is 13.9. The fourth-order valence-corrected chi connectivity index (χ4v) is 3.64. The third kappa shape index (κ3) is 3.69. The Kier molecular flexibility index (Phi) is 4.38. The van der Waals surface area contributed by atoms with E-state index in [0.717, 1.165) is 12.1 Å². The van der Waals surface area contributed by atoms with Crippen LogP contribution >= 0.6 is 0 Å². The summed E-state index contributed by atoms with van der Waals surface area (Å²) >= 11 is 0. The maximum atomic E-state index is 13.9. The van der Waals surface area contributed by atoms with Crippen LogP contribution in [0.15, 0.2) is 36.4 Å². The van der Waals surface area contributed by atoms with Crippen LogP contribution in [-0.4, -0.2) is 32.1 Å². The van der Waals surface area contributed by atoms with Crippen molar-refractivity contribution in [2.75, 3.05) is 5.32 Å². The molecule has 1 saturated carbocycles. The fourth-order valence-electron chi connectivity index (χ4n) is 3.64. The lowest BCUT2D eigenvalue weighted by atomic mass is 9.77. The molecule has 0 amide bonds. The van der Waals surface area contributed by atoms with E-state index < -0.39 is 28.9 Å². The lowest BCUT2D eigenvalue weighted by Crippen LogP contribution is -2.48. The molecule has 4 rings (SSSR count). The van der Waals surface area contributed by atoms with Crippen molar-refractivity contribution in [3.8, 4) is 17.0 Å². The number of anilines is 1. The van der Waals surface area contributed by atoms with Crippen LogP contribution in [0, 0.1) is 5.82 Å². The quantitative estimate of drug-likeness (QED) is 0.558. The molecule has 29 heavy (non-hydrogen) atoms. The number of hydrogen-bond donors (Lipinski definition) is 3. The Bertz CT molecular complexity index is 1090. The average Bonchev–Trinajstić information content (AvgIpc) is 2.60. The Morgan fingerprint density at radius 1 is 1.07 bits per heavy atom. The van der Waals surface area contributed by atoms with Gasteiger partial charge in [0, 0.05) is 22.4 Å². The van der Waals surface area contributed by atoms with Crippen LogP contribution in [-0.2, 0) is 6.18 Å². The van der Waals surface area contributed by atoms with Gasteiger partial charge in [0.25, 0.3) is 0 Å². The van der Waals surface area contributed by atoms with Gasteiger partial charge in [-0.1, -0.05) is 0 Å². The summed E-state index contributed by atoms with van der Waals surface area (Å²) in [6.07, 6.45) is -3.61. The molecule has 0 atom stereocenters. The highest BCUT2D eigenvalue weighted by Crippen LogP contribution is 2.40. The van der Waals surface area contributed by atoms with Crippen molar-refractivity contribution in [1.82, 2.24) is 10.2 Å². The number of phenols is 1. The lowest BCUT2D eigenvalue weighted by molar-refractivity contribution is -0.137. The van der Waals surface area contributed by atoms with Gasteiger partial charge in [-0.15, -0.1) is 10.2 Å². The number of nitrogens with zero attached hydrogens (tertiary/aromatic N) is 2. The minimum absolute atomic E-state index is 0.0558. The molecule has 1 fully saturated rings. The molecular weight excluding hydrogens is 390 g/mol. The molecule has 1 aliphatic rings. The predicted octanol–water partition coefficient (Wildman–Crippen LogP) is 4.49. The molecule has 0 aliphatic heterocycles. The van der Waals surface area contributed by atoms with E-state index in [0.29, 0.717) is 35.5 Å². The van der Waals surface area contributed by atoms with E-state index in [1.807, 2.05) is 0 Å². The zero-order valence-corrected chi connectivity index (χ0v) is 15.3. The van der Waals surface area contributed by atoms with Crippen molar-refractivity contribution in [2.24, 2.45) is 0 Å². The smallest absolute Gasteiger partial charge is 0.416 e. The van der Waals surface area contributed by atoms with E-state index in [4.69, 9.17) is 0 Å². The Labute approximate surface area is 163 Å². The molecule has 1 aromatic heterocycles. The van der Waals surface area contributed by atoms with Crippen molar-refractivity contribution < 1.29 is 27.8 Å². The minimum Gasteiger partial charge on any atom is -0.507 e. The molecule has 9 heteroatoms. The third-order valence-corrected chi connectivity index (χ3v) is 5.04. The van der Waals surface area contributed by atoms with E-state index in [-0.39, 0.29) is 17.3 Å². The molecule has 3 aromatic rings. The number of rotatable bonds is 3. The fraction of sp³-hybridized carbons (Fsp3) is 0.300. The molecule has 0 radical (unpaired) electrons. The van der Waals surface area contributed by atoms with E-state index in [1.165, 1.54) is 18.2 Å². The first-order valence-electron chi connectivity index (χ1n) is 8.89. The predicted molar refractivity (Wildman–Crippen MR) is 98.9 cm³/mol. The number of fused-ring (bicyclic) bond motifs is 1. The number of halogens is 4. The molecule has 0 bridgehead atoms. The van der Waals surface area contributed by atoms with Gasteiger partial charge >= 0.3 is 6.18 Å². The summed E-state index contributed by atoms with van der Waals surface area (Å²) < 4.78 is 52.5. The molecule has 3 N–H and O–H groups in total. The maximum Gasteiger partial charge on any atom is 0.416 e. The summed E-state index contributed by atoms with van der Waals surface area (Å²) in [6.45, 7) is 1.71. The highest BCUT2D eigenvalue weighted by Gasteiger charge is 2.38. The number of phenolic OH excluding ortho intramolecular Hbond substituents is 1. The topological polar surface area (TPSA) is 78.3 Å². The molecule has 1 aliphatic carbocycles. The minimum atomic E-state index is -4.59. The first-order chi connectivity index (χ1) is 13.5. The first-order valence-corrected chi connectivity index (χ1v) is 8.89. The van der Waals surface area contributed by atoms with Crippen LogP contribution in [0.5, 0.6) is 5.75 Å². The van der Waals surface area contributed by atoms with Crippen LogP contribution in [0.2, 0.25) is 0 Å². The summed E-state index contributed by atoms with van der Waals surface area (Å²) in [5.41, 5.74) is -1.56. The van der Waals surface area contributed by atoms with E-state index in [2.05, 4.69) is 15.5 Å². The second-order valence-corrected chi connectivity index (χ2v) is 7.56. The van der Waals surface area contributed by atoms with Gasteiger partial charge in [-0.3, -0.25) is 0 Å². The molecule has 2 aromatic carbocycles. The van der Waals surface area contributed by atoms with E-state index in [1.54, 1.807) is 6.92 Å². The standard InChI is InChI=1S/C20H17F4N3O2/c1-19(29)8-12(9-19)25-18-15-7-11(21)3-5-13(15)17(26-27-18)14-4-2-10(6-16(14)28)20(22,23)24/h2-7,12,28-29H,8-9H2,1H3,(H,25,27). The number of aliphatic hydroxyl groups is 1. The van der Waals surface area contributed by atoms with E-state index >= 15 is 0 Å². The highest BCUT2D eigenvalue weighted by atomic mass is 19.4. The van der Waals surface area contributed by atoms with Gasteiger partial charge in [-0.05, 0) is 56.2 Å². The van der Waals surface area contributed by atoms with Crippen LogP contribution < -0.4 is 5.32 Å². The number of hydrogen-bond acceptors (Lipinski definition) is 5. The number of benzene rings is 2. The Morgan fingerprint density at radius 2 is 1.79 bits per heavy atom. The van der Waals surface area contributed by atoms with E-state index in [9.17, 15) is 27.8 Å². The van der Waals surface area contributed by atoms with Gasteiger partial charge in [0.1, 0.15) is 17.3 Å². The van der Waals surface area contributed by atoms with Crippen molar-refractivity contribution in [2.45, 2.75) is 37.6 Å². The lowest BCUT2D eigenvalue weighted by Gasteiger charge is -2.41. The zero-order chi connectivity index (χ0) is 21.0. The van der Waals surface area contributed by atoms with Gasteiger partial charge < -0.3 is 15.5 Å². The van der Waals surface area contributed by atoms with Crippen LogP contribution in [0.25, 0.3) is 22.0 Å². The Hall–Kier alpha value is -2.94. The number of aromatic nitrogens is 2. The monoisotopic (exact) mass is 407 g/mol. The van der Waals surface area contributed by atoms with Crippen molar-refractivity contribution in [3.63, 3.8) is 0 Å². The number of aromatic hydroxyl groups is 1. The molecular formula is C20H17F4N3O2.